The van der Waals surface area contributed by atoms with E-state index in [2.05, 4.69) is 5.32 Å². The van der Waals surface area contributed by atoms with Crippen molar-refractivity contribution in [1.29, 1.82) is 0 Å². The topological polar surface area (TPSA) is 52.5 Å². The number of hydrogen-bond donors (Lipinski definition) is 3. The summed E-state index contributed by atoms with van der Waals surface area (Å²) < 4.78 is 13.1. The molecule has 3 nitrogen and oxygen atoms in total. The van der Waals surface area contributed by atoms with Crippen molar-refractivity contribution < 1.29 is 14.6 Å². The Labute approximate surface area is 101 Å². The van der Waals surface area contributed by atoms with E-state index >= 15 is 0 Å². The van der Waals surface area contributed by atoms with Gasteiger partial charge in [0, 0.05) is 12.0 Å². The van der Waals surface area contributed by atoms with Gasteiger partial charge in [-0.05, 0) is 17.7 Å². The lowest BCUT2D eigenvalue weighted by molar-refractivity contribution is 0.166. The Morgan fingerprint density at radius 1 is 1.29 bits per heavy atom. The second-order valence-electron chi connectivity index (χ2n) is 4.84. The Morgan fingerprint density at radius 3 is 2.47 bits per heavy atom. The van der Waals surface area contributed by atoms with Crippen LogP contribution in [0.3, 0.4) is 0 Å². The van der Waals surface area contributed by atoms with Crippen LogP contribution in [0.15, 0.2) is 24.3 Å². The summed E-state index contributed by atoms with van der Waals surface area (Å²) in [6.07, 6.45) is 0. The number of aliphatic hydroxyl groups excluding tert-OH is 2. The highest BCUT2D eigenvalue weighted by molar-refractivity contribution is 5.24. The normalized spacial score (nSPS) is 12.1. The molecule has 0 unspecified atom stereocenters. The Balaban J connectivity index is 2.68. The van der Waals surface area contributed by atoms with Gasteiger partial charge in [0.15, 0.2) is 0 Å². The van der Waals surface area contributed by atoms with Crippen molar-refractivity contribution in [3.8, 4) is 0 Å². The summed E-state index contributed by atoms with van der Waals surface area (Å²) in [5, 5.41) is 21.0. The Kier molecular flexibility index (Phi) is 5.05. The first-order valence-corrected chi connectivity index (χ1v) is 5.71. The quantitative estimate of drug-likeness (QED) is 0.697. The van der Waals surface area contributed by atoms with Crippen molar-refractivity contribution in [2.45, 2.75) is 25.3 Å². The summed E-state index contributed by atoms with van der Waals surface area (Å²) in [7, 11) is 0. The Hall–Kier alpha value is -0.970. The van der Waals surface area contributed by atoms with Crippen molar-refractivity contribution in [3.05, 3.63) is 35.6 Å². The molecule has 1 aromatic rings. The maximum Gasteiger partial charge on any atom is 0.123 e. The van der Waals surface area contributed by atoms with Crippen LogP contribution in [0.25, 0.3) is 0 Å². The maximum atomic E-state index is 13.1. The first-order valence-electron chi connectivity index (χ1n) is 5.71. The highest BCUT2D eigenvalue weighted by Gasteiger charge is 2.22. The van der Waals surface area contributed by atoms with Crippen LogP contribution in [-0.2, 0) is 5.41 Å². The summed E-state index contributed by atoms with van der Waals surface area (Å²) in [5.41, 5.74) is 0.629. The molecule has 1 rings (SSSR count). The van der Waals surface area contributed by atoms with Crippen LogP contribution in [0.4, 0.5) is 4.39 Å². The van der Waals surface area contributed by atoms with Crippen molar-refractivity contribution in [1.82, 2.24) is 5.32 Å². The van der Waals surface area contributed by atoms with Gasteiger partial charge in [-0.1, -0.05) is 26.0 Å². The van der Waals surface area contributed by atoms with E-state index in [1.807, 2.05) is 19.9 Å². The number of halogens is 1. The molecule has 0 atom stereocenters. The predicted octanol–water partition coefficient (Wildman–Crippen LogP) is 1.05. The number of nitrogens with one attached hydrogen (secondary N) is 1. The second kappa shape index (κ2) is 6.10. The zero-order chi connectivity index (χ0) is 12.9. The molecule has 0 bridgehead atoms. The molecule has 0 aliphatic heterocycles. The largest absolute Gasteiger partial charge is 0.395 e. The molecule has 0 heterocycles. The summed E-state index contributed by atoms with van der Waals surface area (Å²) in [6.45, 7) is 4.30. The lowest BCUT2D eigenvalue weighted by atomic mass is 9.84. The minimum absolute atomic E-state index is 0.115. The van der Waals surface area contributed by atoms with E-state index in [-0.39, 0.29) is 30.5 Å². The van der Waals surface area contributed by atoms with Gasteiger partial charge in [0.2, 0.25) is 0 Å². The van der Waals surface area contributed by atoms with Crippen LogP contribution >= 0.6 is 0 Å². The average molecular weight is 241 g/mol. The minimum atomic E-state index is -0.331. The van der Waals surface area contributed by atoms with Crippen LogP contribution in [0.5, 0.6) is 0 Å². The summed E-state index contributed by atoms with van der Waals surface area (Å²) in [6, 6.07) is 6.15. The second-order valence-corrected chi connectivity index (χ2v) is 4.84. The van der Waals surface area contributed by atoms with E-state index in [9.17, 15) is 4.39 Å². The standard InChI is InChI=1S/C13H20FNO2/c1-13(2,9-15-12(7-16)8-17)10-4-3-5-11(14)6-10/h3-6,12,15-17H,7-9H2,1-2H3. The van der Waals surface area contributed by atoms with Crippen LogP contribution in [0, 0.1) is 5.82 Å². The third-order valence-electron chi connectivity index (χ3n) is 2.88. The zero-order valence-electron chi connectivity index (χ0n) is 10.3. The lowest BCUT2D eigenvalue weighted by Gasteiger charge is -2.28. The van der Waals surface area contributed by atoms with Crippen LogP contribution in [0.1, 0.15) is 19.4 Å². The third-order valence-corrected chi connectivity index (χ3v) is 2.88. The summed E-state index contributed by atoms with van der Waals surface area (Å²) >= 11 is 0. The average Bonchev–Trinajstić information content (AvgIpc) is 2.30. The zero-order valence-corrected chi connectivity index (χ0v) is 10.3. The Bertz CT molecular complexity index is 351. The minimum Gasteiger partial charge on any atom is -0.395 e. The van der Waals surface area contributed by atoms with E-state index in [1.165, 1.54) is 12.1 Å². The van der Waals surface area contributed by atoms with Gasteiger partial charge in [0.25, 0.3) is 0 Å². The highest BCUT2D eigenvalue weighted by Crippen LogP contribution is 2.22. The molecule has 96 valence electrons. The van der Waals surface area contributed by atoms with Crippen molar-refractivity contribution in [2.24, 2.45) is 0 Å². The number of hydrogen-bond acceptors (Lipinski definition) is 3. The first kappa shape index (κ1) is 14.1. The smallest absolute Gasteiger partial charge is 0.123 e. The maximum absolute atomic E-state index is 13.1. The highest BCUT2D eigenvalue weighted by atomic mass is 19.1. The molecule has 0 spiro atoms. The Morgan fingerprint density at radius 2 is 1.94 bits per heavy atom. The van der Waals surface area contributed by atoms with Gasteiger partial charge in [-0.2, -0.15) is 0 Å². The predicted molar refractivity (Wildman–Crippen MR) is 65.4 cm³/mol. The van der Waals surface area contributed by atoms with Crippen molar-refractivity contribution in [2.75, 3.05) is 19.8 Å². The number of aliphatic hydroxyl groups is 2. The molecule has 0 saturated heterocycles. The molecule has 0 amide bonds. The van der Waals surface area contributed by atoms with E-state index in [4.69, 9.17) is 10.2 Å². The fraction of sp³-hybridized carbons (Fsp3) is 0.538. The lowest BCUT2D eigenvalue weighted by Crippen LogP contribution is -2.43. The number of rotatable bonds is 6. The molecule has 4 heteroatoms. The van der Waals surface area contributed by atoms with Crippen LogP contribution < -0.4 is 5.32 Å². The van der Waals surface area contributed by atoms with Gasteiger partial charge in [0.1, 0.15) is 5.82 Å². The van der Waals surface area contributed by atoms with Crippen molar-refractivity contribution >= 4 is 0 Å². The molecule has 0 fully saturated rings. The van der Waals surface area contributed by atoms with E-state index in [0.717, 1.165) is 5.56 Å². The summed E-state index contributed by atoms with van der Waals surface area (Å²) in [5.74, 6) is -0.253. The fourth-order valence-electron chi connectivity index (χ4n) is 1.60. The monoisotopic (exact) mass is 241 g/mol. The van der Waals surface area contributed by atoms with Gasteiger partial charge in [-0.15, -0.1) is 0 Å². The summed E-state index contributed by atoms with van der Waals surface area (Å²) in [4.78, 5) is 0. The van der Waals surface area contributed by atoms with E-state index in [1.54, 1.807) is 6.07 Å². The molecule has 1 aromatic carbocycles. The molecule has 0 aromatic heterocycles. The fourth-order valence-corrected chi connectivity index (χ4v) is 1.60. The molecule has 3 N–H and O–H groups in total. The molecule has 0 aliphatic carbocycles. The molecular formula is C13H20FNO2. The third kappa shape index (κ3) is 4.07. The molecule has 17 heavy (non-hydrogen) atoms. The van der Waals surface area contributed by atoms with Crippen LogP contribution in [0.2, 0.25) is 0 Å². The molecule has 0 aliphatic rings. The SMILES string of the molecule is CC(C)(CNC(CO)CO)c1cccc(F)c1. The van der Waals surface area contributed by atoms with Crippen molar-refractivity contribution in [3.63, 3.8) is 0 Å². The van der Waals surface area contributed by atoms with Gasteiger partial charge in [-0.3, -0.25) is 0 Å². The molecule has 0 saturated carbocycles. The van der Waals surface area contributed by atoms with Crippen LogP contribution in [-0.4, -0.2) is 36.0 Å². The van der Waals surface area contributed by atoms with E-state index < -0.39 is 0 Å². The molecule has 0 radical (unpaired) electrons. The van der Waals surface area contributed by atoms with Gasteiger partial charge >= 0.3 is 0 Å². The number of benzene rings is 1. The first-order chi connectivity index (χ1) is 7.99. The van der Waals surface area contributed by atoms with Gasteiger partial charge < -0.3 is 15.5 Å². The molecular weight excluding hydrogens is 221 g/mol. The van der Waals surface area contributed by atoms with Gasteiger partial charge in [0.05, 0.1) is 19.3 Å². The van der Waals surface area contributed by atoms with E-state index in [0.29, 0.717) is 6.54 Å². The van der Waals surface area contributed by atoms with Gasteiger partial charge in [-0.25, -0.2) is 4.39 Å².